The SMILES string of the molecule is C[C@H]1CN(C(=O)c2cccc(OC(F)F)c2)[C@@H](C)CO1. The molecule has 1 aromatic carbocycles. The predicted molar refractivity (Wildman–Crippen MR) is 69.0 cm³/mol. The van der Waals surface area contributed by atoms with Crippen LogP contribution in [-0.2, 0) is 4.74 Å². The monoisotopic (exact) mass is 285 g/mol. The molecule has 0 aliphatic carbocycles. The number of hydrogen-bond donors (Lipinski definition) is 0. The lowest BCUT2D eigenvalue weighted by Gasteiger charge is -2.36. The summed E-state index contributed by atoms with van der Waals surface area (Å²) in [4.78, 5) is 14.1. The second-order valence-corrected chi connectivity index (χ2v) is 4.86. The number of carbonyl (C=O) groups is 1. The van der Waals surface area contributed by atoms with E-state index in [4.69, 9.17) is 4.74 Å². The van der Waals surface area contributed by atoms with Crippen LogP contribution in [0, 0.1) is 0 Å². The molecule has 0 bridgehead atoms. The molecule has 1 fully saturated rings. The zero-order valence-electron chi connectivity index (χ0n) is 11.4. The van der Waals surface area contributed by atoms with E-state index >= 15 is 0 Å². The Hall–Kier alpha value is -1.69. The number of nitrogens with zero attached hydrogens (tertiary/aromatic N) is 1. The van der Waals surface area contributed by atoms with Crippen molar-refractivity contribution in [3.8, 4) is 5.75 Å². The van der Waals surface area contributed by atoms with Crippen molar-refractivity contribution in [3.63, 3.8) is 0 Å². The molecule has 1 aromatic rings. The first-order valence-electron chi connectivity index (χ1n) is 6.45. The Morgan fingerprint density at radius 2 is 2.20 bits per heavy atom. The zero-order chi connectivity index (χ0) is 14.7. The topological polar surface area (TPSA) is 38.8 Å². The van der Waals surface area contributed by atoms with Gasteiger partial charge in [-0.2, -0.15) is 8.78 Å². The Labute approximate surface area is 116 Å². The lowest BCUT2D eigenvalue weighted by atomic mass is 10.1. The van der Waals surface area contributed by atoms with E-state index in [1.54, 1.807) is 11.0 Å². The van der Waals surface area contributed by atoms with Crippen molar-refractivity contribution >= 4 is 5.91 Å². The molecule has 2 atom stereocenters. The smallest absolute Gasteiger partial charge is 0.387 e. The van der Waals surface area contributed by atoms with Gasteiger partial charge in [-0.15, -0.1) is 0 Å². The van der Waals surface area contributed by atoms with Crippen LogP contribution in [-0.4, -0.2) is 42.7 Å². The van der Waals surface area contributed by atoms with E-state index in [-0.39, 0.29) is 23.8 Å². The highest BCUT2D eigenvalue weighted by atomic mass is 19.3. The van der Waals surface area contributed by atoms with Crippen LogP contribution in [0.5, 0.6) is 5.75 Å². The number of alkyl halides is 2. The third-order valence-corrected chi connectivity index (χ3v) is 3.17. The molecule has 1 aliphatic heterocycles. The van der Waals surface area contributed by atoms with E-state index < -0.39 is 6.61 Å². The highest BCUT2D eigenvalue weighted by Gasteiger charge is 2.28. The number of ether oxygens (including phenoxy) is 2. The van der Waals surface area contributed by atoms with Gasteiger partial charge in [-0.25, -0.2) is 0 Å². The first-order valence-corrected chi connectivity index (χ1v) is 6.45. The minimum absolute atomic E-state index is 0.0141. The second kappa shape index (κ2) is 6.17. The van der Waals surface area contributed by atoms with E-state index in [2.05, 4.69) is 4.74 Å². The molecule has 20 heavy (non-hydrogen) atoms. The number of morpholine rings is 1. The Morgan fingerprint density at radius 1 is 1.45 bits per heavy atom. The van der Waals surface area contributed by atoms with Gasteiger partial charge in [0, 0.05) is 12.1 Å². The average Bonchev–Trinajstić information content (AvgIpc) is 2.40. The molecule has 1 amide bonds. The normalized spacial score (nSPS) is 22.9. The van der Waals surface area contributed by atoms with Crippen molar-refractivity contribution in [1.82, 2.24) is 4.90 Å². The van der Waals surface area contributed by atoms with Gasteiger partial charge < -0.3 is 14.4 Å². The fourth-order valence-corrected chi connectivity index (χ4v) is 2.16. The molecular weight excluding hydrogens is 268 g/mol. The molecule has 1 aliphatic rings. The molecule has 0 N–H and O–H groups in total. The Kier molecular flexibility index (Phi) is 4.54. The van der Waals surface area contributed by atoms with E-state index in [1.165, 1.54) is 18.2 Å². The van der Waals surface area contributed by atoms with Gasteiger partial charge in [-0.05, 0) is 32.0 Å². The quantitative estimate of drug-likeness (QED) is 0.856. The van der Waals surface area contributed by atoms with E-state index in [0.717, 1.165) is 0 Å². The summed E-state index contributed by atoms with van der Waals surface area (Å²) >= 11 is 0. The molecular formula is C14H17F2NO3. The van der Waals surface area contributed by atoms with E-state index in [1.807, 2.05) is 13.8 Å². The minimum Gasteiger partial charge on any atom is -0.435 e. The molecule has 6 heteroatoms. The largest absolute Gasteiger partial charge is 0.435 e. The van der Waals surface area contributed by atoms with Crippen molar-refractivity contribution in [2.75, 3.05) is 13.2 Å². The van der Waals surface area contributed by atoms with Crippen LogP contribution in [0.25, 0.3) is 0 Å². The average molecular weight is 285 g/mol. The number of carbonyl (C=O) groups excluding carboxylic acids is 1. The summed E-state index contributed by atoms with van der Waals surface area (Å²) in [5, 5.41) is 0. The molecule has 1 heterocycles. The van der Waals surface area contributed by atoms with Crippen molar-refractivity contribution in [1.29, 1.82) is 0 Å². The third-order valence-electron chi connectivity index (χ3n) is 3.17. The van der Waals surface area contributed by atoms with Crippen molar-refractivity contribution < 1.29 is 23.0 Å². The van der Waals surface area contributed by atoms with Gasteiger partial charge in [0.25, 0.3) is 5.91 Å². The molecule has 0 aromatic heterocycles. The molecule has 1 saturated heterocycles. The van der Waals surface area contributed by atoms with E-state index in [0.29, 0.717) is 18.7 Å². The maximum Gasteiger partial charge on any atom is 0.387 e. The Morgan fingerprint density at radius 3 is 2.90 bits per heavy atom. The molecule has 0 spiro atoms. The third kappa shape index (κ3) is 3.45. The molecule has 0 unspecified atom stereocenters. The first-order chi connectivity index (χ1) is 9.47. The van der Waals surface area contributed by atoms with Crippen LogP contribution >= 0.6 is 0 Å². The number of rotatable bonds is 3. The van der Waals surface area contributed by atoms with Crippen LogP contribution < -0.4 is 4.74 Å². The van der Waals surface area contributed by atoms with Crippen LogP contribution in [0.15, 0.2) is 24.3 Å². The van der Waals surface area contributed by atoms with Gasteiger partial charge in [0.05, 0.1) is 18.8 Å². The standard InChI is InChI=1S/C14H17F2NO3/c1-9-8-19-10(2)7-17(9)13(18)11-4-3-5-12(6-11)20-14(15)16/h3-6,9-10,14H,7-8H2,1-2H3/t9-,10-/m0/s1. The van der Waals surface area contributed by atoms with Gasteiger partial charge in [-0.1, -0.05) is 6.07 Å². The number of hydrogen-bond acceptors (Lipinski definition) is 3. The first kappa shape index (κ1) is 14.7. The van der Waals surface area contributed by atoms with Crippen LogP contribution in [0.1, 0.15) is 24.2 Å². The molecule has 4 nitrogen and oxygen atoms in total. The van der Waals surface area contributed by atoms with Crippen molar-refractivity contribution in [3.05, 3.63) is 29.8 Å². The molecule has 2 rings (SSSR count). The van der Waals surface area contributed by atoms with Crippen LogP contribution in [0.4, 0.5) is 8.78 Å². The van der Waals surface area contributed by atoms with Crippen LogP contribution in [0.2, 0.25) is 0 Å². The highest BCUT2D eigenvalue weighted by molar-refractivity contribution is 5.94. The second-order valence-electron chi connectivity index (χ2n) is 4.86. The fourth-order valence-electron chi connectivity index (χ4n) is 2.16. The number of amides is 1. The summed E-state index contributed by atoms with van der Waals surface area (Å²) in [6, 6.07) is 5.81. The summed E-state index contributed by atoms with van der Waals surface area (Å²) in [6.07, 6.45) is -0.0318. The van der Waals surface area contributed by atoms with Gasteiger partial charge >= 0.3 is 6.61 Å². The zero-order valence-corrected chi connectivity index (χ0v) is 11.4. The van der Waals surface area contributed by atoms with Gasteiger partial charge in [0.2, 0.25) is 0 Å². The molecule has 0 radical (unpaired) electrons. The summed E-state index contributed by atoms with van der Waals surface area (Å²) in [5.41, 5.74) is 0.337. The molecule has 110 valence electrons. The van der Waals surface area contributed by atoms with E-state index in [9.17, 15) is 13.6 Å². The van der Waals surface area contributed by atoms with Crippen molar-refractivity contribution in [2.45, 2.75) is 32.6 Å². The summed E-state index contributed by atoms with van der Waals surface area (Å²) in [7, 11) is 0. The summed E-state index contributed by atoms with van der Waals surface area (Å²) < 4.78 is 34.2. The lowest BCUT2D eigenvalue weighted by molar-refractivity contribution is -0.0500. The van der Waals surface area contributed by atoms with Crippen molar-refractivity contribution in [2.24, 2.45) is 0 Å². The van der Waals surface area contributed by atoms with Gasteiger partial charge in [-0.3, -0.25) is 4.79 Å². The molecule has 0 saturated carbocycles. The summed E-state index contributed by atoms with van der Waals surface area (Å²) in [5.74, 6) is -0.216. The summed E-state index contributed by atoms with van der Waals surface area (Å²) in [6.45, 7) is 1.84. The predicted octanol–water partition coefficient (Wildman–Crippen LogP) is 2.54. The Bertz CT molecular complexity index is 481. The number of halogens is 2. The number of benzene rings is 1. The highest BCUT2D eigenvalue weighted by Crippen LogP contribution is 2.20. The Balaban J connectivity index is 2.15. The van der Waals surface area contributed by atoms with Crippen LogP contribution in [0.3, 0.4) is 0 Å². The van der Waals surface area contributed by atoms with Gasteiger partial charge in [0.15, 0.2) is 0 Å². The minimum atomic E-state index is -2.90. The maximum absolute atomic E-state index is 12.4. The lowest BCUT2D eigenvalue weighted by Crippen LogP contribution is -2.50. The maximum atomic E-state index is 12.4. The van der Waals surface area contributed by atoms with Gasteiger partial charge in [0.1, 0.15) is 5.75 Å². The fraction of sp³-hybridized carbons (Fsp3) is 0.500.